The molecule has 0 saturated heterocycles. The fourth-order valence-electron chi connectivity index (χ4n) is 2.35. The summed E-state index contributed by atoms with van der Waals surface area (Å²) >= 11 is 0. The van der Waals surface area contributed by atoms with Crippen LogP contribution in [0.2, 0.25) is 0 Å². The van der Waals surface area contributed by atoms with Crippen LogP contribution in [0.3, 0.4) is 0 Å². The Hall–Kier alpha value is -2.90. The van der Waals surface area contributed by atoms with Gasteiger partial charge in [0.1, 0.15) is 0 Å². The SMILES string of the molecule is CCc1ccc(OC(=O)CCCC(=O)Oc2c(F)c(C)cc(F)c2F)c(F)c1. The molecule has 0 aromatic heterocycles. The van der Waals surface area contributed by atoms with Gasteiger partial charge in [0.2, 0.25) is 11.6 Å². The van der Waals surface area contributed by atoms with E-state index in [1.54, 1.807) is 6.07 Å². The van der Waals surface area contributed by atoms with Crippen LogP contribution in [0.1, 0.15) is 37.3 Å². The van der Waals surface area contributed by atoms with Crippen molar-refractivity contribution >= 4 is 11.9 Å². The van der Waals surface area contributed by atoms with Gasteiger partial charge in [-0.05, 0) is 49.1 Å². The number of carbonyl (C=O) groups excluding carboxylic acids is 2. The van der Waals surface area contributed by atoms with Gasteiger partial charge in [-0.3, -0.25) is 9.59 Å². The number of aryl methyl sites for hydroxylation is 2. The van der Waals surface area contributed by atoms with Crippen LogP contribution in [0.25, 0.3) is 0 Å². The van der Waals surface area contributed by atoms with E-state index in [9.17, 15) is 27.2 Å². The van der Waals surface area contributed by atoms with Crippen LogP contribution in [-0.4, -0.2) is 11.9 Å². The molecule has 2 aromatic rings. The van der Waals surface area contributed by atoms with Crippen LogP contribution in [0.15, 0.2) is 24.3 Å². The van der Waals surface area contributed by atoms with Crippen LogP contribution in [0.4, 0.5) is 17.6 Å². The molecule has 0 spiro atoms. The third-order valence-corrected chi connectivity index (χ3v) is 3.90. The minimum atomic E-state index is -1.61. The molecule has 0 aliphatic rings. The van der Waals surface area contributed by atoms with Gasteiger partial charge in [-0.2, -0.15) is 4.39 Å². The highest BCUT2D eigenvalue weighted by atomic mass is 19.2. The zero-order valence-electron chi connectivity index (χ0n) is 15.3. The molecule has 0 N–H and O–H groups in total. The first-order chi connectivity index (χ1) is 13.2. The van der Waals surface area contributed by atoms with E-state index in [1.807, 2.05) is 6.92 Å². The van der Waals surface area contributed by atoms with Crippen LogP contribution >= 0.6 is 0 Å². The summed E-state index contributed by atoms with van der Waals surface area (Å²) in [7, 11) is 0. The highest BCUT2D eigenvalue weighted by molar-refractivity contribution is 5.75. The maximum Gasteiger partial charge on any atom is 0.311 e. The number of hydrogen-bond acceptors (Lipinski definition) is 4. The molecule has 8 heteroatoms. The zero-order chi connectivity index (χ0) is 20.8. The molecule has 0 aliphatic carbocycles. The van der Waals surface area contributed by atoms with Gasteiger partial charge in [-0.25, -0.2) is 13.2 Å². The fraction of sp³-hybridized carbons (Fsp3) is 0.300. The molecular weight excluding hydrogens is 380 g/mol. The summed E-state index contributed by atoms with van der Waals surface area (Å²) in [5.74, 6) is -8.00. The number of carbonyl (C=O) groups is 2. The van der Waals surface area contributed by atoms with Gasteiger partial charge in [0, 0.05) is 12.8 Å². The van der Waals surface area contributed by atoms with Crippen molar-refractivity contribution in [2.75, 3.05) is 0 Å². The summed E-state index contributed by atoms with van der Waals surface area (Å²) < 4.78 is 63.9. The maximum atomic E-state index is 13.8. The molecule has 150 valence electrons. The molecule has 0 radical (unpaired) electrons. The van der Waals surface area contributed by atoms with E-state index in [0.29, 0.717) is 12.5 Å². The van der Waals surface area contributed by atoms with E-state index in [4.69, 9.17) is 4.74 Å². The minimum absolute atomic E-state index is 0.0656. The lowest BCUT2D eigenvalue weighted by Gasteiger charge is -2.09. The largest absolute Gasteiger partial charge is 0.423 e. The van der Waals surface area contributed by atoms with Crippen molar-refractivity contribution in [2.24, 2.45) is 0 Å². The lowest BCUT2D eigenvalue weighted by molar-refractivity contribution is -0.136. The molecule has 4 nitrogen and oxygen atoms in total. The predicted molar refractivity (Wildman–Crippen MR) is 92.0 cm³/mol. The van der Waals surface area contributed by atoms with Crippen LogP contribution in [-0.2, 0) is 16.0 Å². The standard InChI is InChI=1S/C20H18F4O4/c1-3-12-7-8-15(13(21)10-12)27-16(25)5-4-6-17(26)28-20-18(23)11(2)9-14(22)19(20)24/h7-10H,3-6H2,1-2H3. The Morgan fingerprint density at radius 1 is 0.893 bits per heavy atom. The van der Waals surface area contributed by atoms with Gasteiger partial charge in [0.05, 0.1) is 0 Å². The van der Waals surface area contributed by atoms with Crippen molar-refractivity contribution < 1.29 is 36.6 Å². The van der Waals surface area contributed by atoms with Gasteiger partial charge in [0.25, 0.3) is 0 Å². The van der Waals surface area contributed by atoms with Crippen molar-refractivity contribution in [1.82, 2.24) is 0 Å². The zero-order valence-corrected chi connectivity index (χ0v) is 15.3. The second kappa shape index (κ2) is 9.34. The van der Waals surface area contributed by atoms with Gasteiger partial charge >= 0.3 is 11.9 Å². The molecule has 2 aromatic carbocycles. The fourth-order valence-corrected chi connectivity index (χ4v) is 2.35. The lowest BCUT2D eigenvalue weighted by Crippen LogP contribution is -2.14. The number of benzene rings is 2. The van der Waals surface area contributed by atoms with Crippen molar-refractivity contribution in [2.45, 2.75) is 39.5 Å². The Bertz CT molecular complexity index is 870. The topological polar surface area (TPSA) is 52.6 Å². The summed E-state index contributed by atoms with van der Waals surface area (Å²) in [5, 5.41) is 0. The van der Waals surface area contributed by atoms with Crippen LogP contribution in [0.5, 0.6) is 11.5 Å². The Balaban J connectivity index is 1.87. The molecule has 0 unspecified atom stereocenters. The smallest absolute Gasteiger partial charge is 0.311 e. The molecule has 0 aliphatic heterocycles. The number of hydrogen-bond donors (Lipinski definition) is 0. The molecule has 0 amide bonds. The number of halogens is 4. The third-order valence-electron chi connectivity index (χ3n) is 3.90. The number of ether oxygens (including phenoxy) is 2. The average Bonchev–Trinajstić information content (AvgIpc) is 2.65. The first kappa shape index (κ1) is 21.4. The number of esters is 2. The summed E-state index contributed by atoms with van der Waals surface area (Å²) in [5.41, 5.74) is 0.522. The summed E-state index contributed by atoms with van der Waals surface area (Å²) in [6.45, 7) is 3.04. The van der Waals surface area contributed by atoms with Gasteiger partial charge in [-0.1, -0.05) is 13.0 Å². The van der Waals surface area contributed by atoms with E-state index >= 15 is 0 Å². The van der Waals surface area contributed by atoms with E-state index < -0.39 is 41.0 Å². The Labute approximate surface area is 159 Å². The highest BCUT2D eigenvalue weighted by Crippen LogP contribution is 2.27. The molecule has 0 fully saturated rings. The summed E-state index contributed by atoms with van der Waals surface area (Å²) in [4.78, 5) is 23.5. The Morgan fingerprint density at radius 2 is 1.54 bits per heavy atom. The third kappa shape index (κ3) is 5.31. The molecule has 28 heavy (non-hydrogen) atoms. The second-order valence-electron chi connectivity index (χ2n) is 6.05. The number of rotatable bonds is 7. The molecule has 0 bridgehead atoms. The monoisotopic (exact) mass is 398 g/mol. The van der Waals surface area contributed by atoms with Gasteiger partial charge in [-0.15, -0.1) is 0 Å². The summed E-state index contributed by atoms with van der Waals surface area (Å²) in [6, 6.07) is 4.85. The van der Waals surface area contributed by atoms with E-state index in [1.165, 1.54) is 19.1 Å². The van der Waals surface area contributed by atoms with Gasteiger partial charge in [0.15, 0.2) is 23.2 Å². The molecular formula is C20H18F4O4. The highest BCUT2D eigenvalue weighted by Gasteiger charge is 2.21. The quantitative estimate of drug-likeness (QED) is 0.291. The van der Waals surface area contributed by atoms with Crippen molar-refractivity contribution in [3.05, 3.63) is 58.7 Å². The molecule has 0 saturated carbocycles. The average molecular weight is 398 g/mol. The first-order valence-electron chi connectivity index (χ1n) is 8.56. The molecule has 2 rings (SSSR count). The van der Waals surface area contributed by atoms with Gasteiger partial charge < -0.3 is 9.47 Å². The maximum absolute atomic E-state index is 13.8. The minimum Gasteiger partial charge on any atom is -0.423 e. The Kier molecular flexibility index (Phi) is 7.14. The van der Waals surface area contributed by atoms with E-state index in [2.05, 4.69) is 4.74 Å². The van der Waals surface area contributed by atoms with Crippen molar-refractivity contribution in [3.63, 3.8) is 0 Å². The van der Waals surface area contributed by atoms with Crippen LogP contribution in [0, 0.1) is 30.2 Å². The summed E-state index contributed by atoms with van der Waals surface area (Å²) in [6.07, 6.45) is -0.0683. The second-order valence-corrected chi connectivity index (χ2v) is 6.05. The lowest BCUT2D eigenvalue weighted by atomic mass is 10.1. The van der Waals surface area contributed by atoms with Crippen molar-refractivity contribution in [3.8, 4) is 11.5 Å². The first-order valence-corrected chi connectivity index (χ1v) is 8.56. The predicted octanol–water partition coefficient (Wildman–Crippen LogP) is 4.80. The Morgan fingerprint density at radius 3 is 2.14 bits per heavy atom. The van der Waals surface area contributed by atoms with Crippen LogP contribution < -0.4 is 9.47 Å². The van der Waals surface area contributed by atoms with E-state index in [0.717, 1.165) is 5.56 Å². The molecule has 0 atom stereocenters. The molecule has 0 heterocycles. The van der Waals surface area contributed by atoms with E-state index in [-0.39, 0.29) is 30.6 Å². The van der Waals surface area contributed by atoms with Crippen molar-refractivity contribution in [1.29, 1.82) is 0 Å². The normalized spacial score (nSPS) is 10.6.